The Hall–Kier alpha value is -2.98. The van der Waals surface area contributed by atoms with Crippen molar-refractivity contribution in [1.29, 1.82) is 10.5 Å². The van der Waals surface area contributed by atoms with Crippen molar-refractivity contribution in [3.8, 4) is 23.6 Å². The van der Waals surface area contributed by atoms with E-state index in [1.165, 1.54) is 19.3 Å². The molecule has 3 rings (SSSR count). The topological polar surface area (TPSA) is 66.0 Å². The first-order valence-electron chi connectivity index (χ1n) is 8.54. The average Bonchev–Trinajstić information content (AvgIpc) is 2.63. The molecule has 0 aromatic heterocycles. The van der Waals surface area contributed by atoms with Gasteiger partial charge in [-0.05, 0) is 67.3 Å². The molecule has 1 aliphatic carbocycles. The molecule has 0 N–H and O–H groups in total. The van der Waals surface area contributed by atoms with E-state index in [2.05, 4.69) is 12.1 Å². The van der Waals surface area contributed by atoms with E-state index in [0.29, 0.717) is 36.2 Å². The second-order valence-corrected chi connectivity index (χ2v) is 6.35. The molecule has 0 bridgehead atoms. The monoisotopic (exact) mass is 332 g/mol. The van der Waals surface area contributed by atoms with Crippen molar-refractivity contribution in [3.05, 3.63) is 59.7 Å². The van der Waals surface area contributed by atoms with E-state index < -0.39 is 0 Å². The minimum atomic E-state index is 0.333. The maximum Gasteiger partial charge on any atom is 0.119 e. The van der Waals surface area contributed by atoms with Crippen molar-refractivity contribution >= 4 is 0 Å². The molecule has 0 spiro atoms. The standard InChI is InChI=1S/C21H20N2O2/c22-12-16-4-8-20(9-5-16)24-14-19(18-2-1-3-18)15-25-21-10-6-17(13-23)7-11-21/h4-11,18-19H,1-3,14-15H2. The molecule has 2 aromatic rings. The summed E-state index contributed by atoms with van der Waals surface area (Å²) < 4.78 is 11.8. The molecule has 1 saturated carbocycles. The maximum absolute atomic E-state index is 8.84. The number of nitrogens with zero attached hydrogens (tertiary/aromatic N) is 2. The minimum Gasteiger partial charge on any atom is -0.493 e. The quantitative estimate of drug-likeness (QED) is 0.758. The smallest absolute Gasteiger partial charge is 0.119 e. The molecule has 1 fully saturated rings. The summed E-state index contributed by atoms with van der Waals surface area (Å²) in [6, 6.07) is 18.6. The van der Waals surface area contributed by atoms with Crippen molar-refractivity contribution < 1.29 is 9.47 Å². The number of ether oxygens (including phenoxy) is 2. The van der Waals surface area contributed by atoms with Crippen LogP contribution in [-0.2, 0) is 0 Å². The summed E-state index contributed by atoms with van der Waals surface area (Å²) in [5.41, 5.74) is 1.26. The maximum atomic E-state index is 8.84. The first kappa shape index (κ1) is 16.9. The van der Waals surface area contributed by atoms with Gasteiger partial charge in [-0.15, -0.1) is 0 Å². The lowest BCUT2D eigenvalue weighted by atomic mass is 9.76. The molecule has 0 atom stereocenters. The molecule has 0 amide bonds. The van der Waals surface area contributed by atoms with Crippen LogP contribution in [0, 0.1) is 34.5 Å². The second-order valence-electron chi connectivity index (χ2n) is 6.35. The van der Waals surface area contributed by atoms with E-state index in [9.17, 15) is 0 Å². The molecular formula is C21H20N2O2. The summed E-state index contributed by atoms with van der Waals surface area (Å²) in [4.78, 5) is 0. The third kappa shape index (κ3) is 4.52. The van der Waals surface area contributed by atoms with Crippen LogP contribution in [-0.4, -0.2) is 13.2 Å². The molecule has 2 aromatic carbocycles. The Kier molecular flexibility index (Phi) is 5.54. The zero-order chi connectivity index (χ0) is 17.5. The lowest BCUT2D eigenvalue weighted by molar-refractivity contribution is 0.0890. The van der Waals surface area contributed by atoms with Gasteiger partial charge >= 0.3 is 0 Å². The Morgan fingerprint density at radius 2 is 1.24 bits per heavy atom. The highest BCUT2D eigenvalue weighted by atomic mass is 16.5. The Labute approximate surface area is 148 Å². The van der Waals surface area contributed by atoms with Gasteiger partial charge in [-0.3, -0.25) is 0 Å². The Bertz CT molecular complexity index is 704. The van der Waals surface area contributed by atoms with Crippen molar-refractivity contribution in [2.45, 2.75) is 19.3 Å². The van der Waals surface area contributed by atoms with Gasteiger partial charge in [0, 0.05) is 5.92 Å². The van der Waals surface area contributed by atoms with E-state index in [1.807, 2.05) is 24.3 Å². The van der Waals surface area contributed by atoms with Crippen LogP contribution in [0.3, 0.4) is 0 Å². The Morgan fingerprint density at radius 1 is 0.800 bits per heavy atom. The zero-order valence-electron chi connectivity index (χ0n) is 14.0. The summed E-state index contributed by atoms with van der Waals surface area (Å²) in [5.74, 6) is 2.53. The number of rotatable bonds is 7. The van der Waals surface area contributed by atoms with Gasteiger partial charge < -0.3 is 9.47 Å². The van der Waals surface area contributed by atoms with E-state index in [4.69, 9.17) is 20.0 Å². The van der Waals surface area contributed by atoms with Crippen LogP contribution in [0.2, 0.25) is 0 Å². The Balaban J connectivity index is 1.55. The van der Waals surface area contributed by atoms with Crippen molar-refractivity contribution in [3.63, 3.8) is 0 Å². The molecule has 0 unspecified atom stereocenters. The highest BCUT2D eigenvalue weighted by Crippen LogP contribution is 2.34. The minimum absolute atomic E-state index is 0.333. The third-order valence-corrected chi connectivity index (χ3v) is 4.71. The van der Waals surface area contributed by atoms with Crippen LogP contribution in [0.15, 0.2) is 48.5 Å². The number of hydrogen-bond acceptors (Lipinski definition) is 4. The Morgan fingerprint density at radius 3 is 1.56 bits per heavy atom. The van der Waals surface area contributed by atoms with E-state index in [0.717, 1.165) is 11.5 Å². The molecule has 4 heteroatoms. The highest BCUT2D eigenvalue weighted by Gasteiger charge is 2.28. The van der Waals surface area contributed by atoms with Crippen LogP contribution in [0.25, 0.3) is 0 Å². The molecule has 0 saturated heterocycles. The van der Waals surface area contributed by atoms with Gasteiger partial charge in [0.2, 0.25) is 0 Å². The number of nitriles is 2. The summed E-state index contributed by atoms with van der Waals surface area (Å²) >= 11 is 0. The SMILES string of the molecule is N#Cc1ccc(OCC(COc2ccc(C#N)cc2)C2CCC2)cc1. The molecule has 0 heterocycles. The first-order valence-corrected chi connectivity index (χ1v) is 8.54. The molecule has 4 nitrogen and oxygen atoms in total. The molecule has 1 aliphatic rings. The third-order valence-electron chi connectivity index (χ3n) is 4.71. The van der Waals surface area contributed by atoms with Crippen molar-refractivity contribution in [2.24, 2.45) is 11.8 Å². The molecule has 0 radical (unpaired) electrons. The fourth-order valence-corrected chi connectivity index (χ4v) is 2.89. The predicted octanol–water partition coefficient (Wildman–Crippen LogP) is 4.30. The van der Waals surface area contributed by atoms with E-state index in [1.54, 1.807) is 24.3 Å². The van der Waals surface area contributed by atoms with Gasteiger partial charge in [-0.25, -0.2) is 0 Å². The molecule has 0 aliphatic heterocycles. The van der Waals surface area contributed by atoms with Gasteiger partial charge in [0.25, 0.3) is 0 Å². The van der Waals surface area contributed by atoms with Gasteiger partial charge in [0.15, 0.2) is 0 Å². The van der Waals surface area contributed by atoms with Crippen LogP contribution in [0.1, 0.15) is 30.4 Å². The lowest BCUT2D eigenvalue weighted by Crippen LogP contribution is -2.31. The van der Waals surface area contributed by atoms with E-state index >= 15 is 0 Å². The summed E-state index contributed by atoms with van der Waals surface area (Å²) in [7, 11) is 0. The van der Waals surface area contributed by atoms with Crippen LogP contribution < -0.4 is 9.47 Å². The van der Waals surface area contributed by atoms with Crippen LogP contribution in [0.5, 0.6) is 11.5 Å². The molecule has 126 valence electrons. The van der Waals surface area contributed by atoms with Gasteiger partial charge in [-0.2, -0.15) is 10.5 Å². The predicted molar refractivity (Wildman–Crippen MR) is 94.1 cm³/mol. The fraction of sp³-hybridized carbons (Fsp3) is 0.333. The second kappa shape index (κ2) is 8.22. The summed E-state index contributed by atoms with van der Waals surface area (Å²) in [6.07, 6.45) is 3.71. The van der Waals surface area contributed by atoms with Crippen molar-refractivity contribution in [1.82, 2.24) is 0 Å². The lowest BCUT2D eigenvalue weighted by Gasteiger charge is -2.33. The van der Waals surface area contributed by atoms with Crippen LogP contribution in [0.4, 0.5) is 0 Å². The number of hydrogen-bond donors (Lipinski definition) is 0. The average molecular weight is 332 g/mol. The van der Waals surface area contributed by atoms with Gasteiger partial charge in [0.05, 0.1) is 36.5 Å². The molecule has 25 heavy (non-hydrogen) atoms. The van der Waals surface area contributed by atoms with Gasteiger partial charge in [-0.1, -0.05) is 6.42 Å². The van der Waals surface area contributed by atoms with Crippen molar-refractivity contribution in [2.75, 3.05) is 13.2 Å². The summed E-state index contributed by atoms with van der Waals surface area (Å²) in [5, 5.41) is 17.7. The molecular weight excluding hydrogens is 312 g/mol. The fourth-order valence-electron chi connectivity index (χ4n) is 2.89. The summed E-state index contributed by atoms with van der Waals surface area (Å²) in [6.45, 7) is 1.21. The first-order chi connectivity index (χ1) is 12.3. The zero-order valence-corrected chi connectivity index (χ0v) is 14.0. The largest absolute Gasteiger partial charge is 0.493 e. The normalized spacial score (nSPS) is 13.6. The van der Waals surface area contributed by atoms with E-state index in [-0.39, 0.29) is 0 Å². The highest BCUT2D eigenvalue weighted by molar-refractivity contribution is 5.35. The van der Waals surface area contributed by atoms with Gasteiger partial charge in [0.1, 0.15) is 11.5 Å². The van der Waals surface area contributed by atoms with Crippen LogP contribution >= 0.6 is 0 Å². The number of benzene rings is 2.